The van der Waals surface area contributed by atoms with Crippen molar-refractivity contribution in [2.75, 3.05) is 11.4 Å². The lowest BCUT2D eigenvalue weighted by molar-refractivity contribution is -0.126. The van der Waals surface area contributed by atoms with Gasteiger partial charge in [0.1, 0.15) is 11.6 Å². The quantitative estimate of drug-likeness (QED) is 0.927. The fourth-order valence-electron chi connectivity index (χ4n) is 2.82. The topological polar surface area (TPSA) is 49.4 Å². The summed E-state index contributed by atoms with van der Waals surface area (Å²) in [5.41, 5.74) is 1.74. The van der Waals surface area contributed by atoms with E-state index in [2.05, 4.69) is 5.32 Å². The number of anilines is 1. The molecule has 2 aromatic carbocycles. The molecule has 130 valence electrons. The third-order valence-electron chi connectivity index (χ3n) is 4.34. The Morgan fingerprint density at radius 3 is 2.60 bits per heavy atom. The van der Waals surface area contributed by atoms with Gasteiger partial charge in [0.05, 0.1) is 5.92 Å². The van der Waals surface area contributed by atoms with Gasteiger partial charge < -0.3 is 10.2 Å². The molecule has 6 heteroatoms. The lowest BCUT2D eigenvalue weighted by atomic mass is 10.1. The Morgan fingerprint density at radius 1 is 1.20 bits per heavy atom. The summed E-state index contributed by atoms with van der Waals surface area (Å²) in [5, 5.41) is 2.76. The van der Waals surface area contributed by atoms with E-state index < -0.39 is 5.92 Å². The number of amides is 2. The summed E-state index contributed by atoms with van der Waals surface area (Å²) >= 11 is 0. The molecular formula is C19H18F2N2O2. The van der Waals surface area contributed by atoms with Crippen LogP contribution in [0.4, 0.5) is 14.5 Å². The Hall–Kier alpha value is -2.76. The number of nitrogens with zero attached hydrogens (tertiary/aromatic N) is 1. The molecule has 1 N–H and O–H groups in total. The van der Waals surface area contributed by atoms with Crippen LogP contribution >= 0.6 is 0 Å². The maximum atomic E-state index is 13.7. The van der Waals surface area contributed by atoms with Crippen molar-refractivity contribution >= 4 is 17.5 Å². The Labute approximate surface area is 144 Å². The summed E-state index contributed by atoms with van der Waals surface area (Å²) in [6.07, 6.45) is 0.0880. The van der Waals surface area contributed by atoms with E-state index >= 15 is 0 Å². The van der Waals surface area contributed by atoms with E-state index in [1.54, 1.807) is 31.2 Å². The molecule has 1 saturated heterocycles. The van der Waals surface area contributed by atoms with Crippen LogP contribution < -0.4 is 10.2 Å². The maximum Gasteiger partial charge on any atom is 0.227 e. The Bertz CT molecular complexity index is 806. The molecule has 2 aromatic rings. The largest absolute Gasteiger partial charge is 0.352 e. The van der Waals surface area contributed by atoms with Crippen LogP contribution in [0.15, 0.2) is 42.5 Å². The lowest BCUT2D eigenvalue weighted by Crippen LogP contribution is -2.32. The molecule has 2 amide bonds. The average molecular weight is 344 g/mol. The van der Waals surface area contributed by atoms with Gasteiger partial charge in [0.25, 0.3) is 0 Å². The van der Waals surface area contributed by atoms with Crippen LogP contribution in [-0.4, -0.2) is 18.4 Å². The van der Waals surface area contributed by atoms with Gasteiger partial charge in [0.2, 0.25) is 11.8 Å². The van der Waals surface area contributed by atoms with Gasteiger partial charge >= 0.3 is 0 Å². The van der Waals surface area contributed by atoms with Gasteiger partial charge in [-0.25, -0.2) is 8.78 Å². The molecule has 0 spiro atoms. The summed E-state index contributed by atoms with van der Waals surface area (Å²) in [5.74, 6) is -1.65. The van der Waals surface area contributed by atoms with Gasteiger partial charge in [0.15, 0.2) is 0 Å². The van der Waals surface area contributed by atoms with Crippen LogP contribution in [0, 0.1) is 24.5 Å². The van der Waals surface area contributed by atoms with Crippen LogP contribution in [0.25, 0.3) is 0 Å². The van der Waals surface area contributed by atoms with E-state index in [0.29, 0.717) is 11.3 Å². The zero-order valence-electron chi connectivity index (χ0n) is 13.8. The van der Waals surface area contributed by atoms with E-state index in [4.69, 9.17) is 0 Å². The third-order valence-corrected chi connectivity index (χ3v) is 4.34. The number of hydrogen-bond acceptors (Lipinski definition) is 2. The second-order valence-corrected chi connectivity index (χ2v) is 6.18. The number of aryl methyl sites for hydroxylation is 1. The van der Waals surface area contributed by atoms with Crippen molar-refractivity contribution in [3.8, 4) is 0 Å². The molecule has 1 atom stereocenters. The molecule has 0 bridgehead atoms. The maximum absolute atomic E-state index is 13.7. The first-order chi connectivity index (χ1) is 11.9. The van der Waals surface area contributed by atoms with Crippen LogP contribution in [0.1, 0.15) is 17.5 Å². The number of carbonyl (C=O) groups excluding carboxylic acids is 2. The minimum Gasteiger partial charge on any atom is -0.352 e. The minimum atomic E-state index is -0.489. The fourth-order valence-corrected chi connectivity index (χ4v) is 2.82. The SMILES string of the molecule is Cc1ccc(N2C[C@H](C(=O)NCc3ccc(F)cc3)CC2=O)cc1F. The van der Waals surface area contributed by atoms with Gasteiger partial charge in [-0.1, -0.05) is 18.2 Å². The lowest BCUT2D eigenvalue weighted by Gasteiger charge is -2.17. The molecule has 0 aliphatic carbocycles. The molecule has 0 unspecified atom stereocenters. The van der Waals surface area contributed by atoms with Crippen molar-refractivity contribution in [3.05, 3.63) is 65.2 Å². The summed E-state index contributed by atoms with van der Waals surface area (Å²) in [7, 11) is 0. The van der Waals surface area contributed by atoms with Crippen molar-refractivity contribution in [3.63, 3.8) is 0 Å². The van der Waals surface area contributed by atoms with Crippen LogP contribution in [0.3, 0.4) is 0 Å². The standard InChI is InChI=1S/C19H18F2N2O2/c1-12-2-7-16(9-17(12)21)23-11-14(8-18(23)24)19(25)22-10-13-3-5-15(20)6-4-13/h2-7,9,14H,8,10-11H2,1H3,(H,22,25)/t14-/m1/s1. The number of benzene rings is 2. The molecule has 1 aliphatic heterocycles. The van der Waals surface area contributed by atoms with E-state index in [9.17, 15) is 18.4 Å². The molecule has 1 heterocycles. The van der Waals surface area contributed by atoms with Crippen molar-refractivity contribution in [1.29, 1.82) is 0 Å². The molecule has 0 saturated carbocycles. The smallest absolute Gasteiger partial charge is 0.227 e. The van der Waals surface area contributed by atoms with Gasteiger partial charge in [-0.3, -0.25) is 9.59 Å². The monoisotopic (exact) mass is 344 g/mol. The van der Waals surface area contributed by atoms with Crippen molar-refractivity contribution in [1.82, 2.24) is 5.32 Å². The third kappa shape index (κ3) is 3.84. The summed E-state index contributed by atoms with van der Waals surface area (Å²) in [6, 6.07) is 10.4. The summed E-state index contributed by atoms with van der Waals surface area (Å²) in [4.78, 5) is 25.9. The van der Waals surface area contributed by atoms with Crippen molar-refractivity contribution < 1.29 is 18.4 Å². The van der Waals surface area contributed by atoms with E-state index in [1.807, 2.05) is 0 Å². The highest BCUT2D eigenvalue weighted by molar-refractivity contribution is 6.00. The van der Waals surface area contributed by atoms with E-state index in [0.717, 1.165) is 5.56 Å². The van der Waals surface area contributed by atoms with Crippen LogP contribution in [0.5, 0.6) is 0 Å². The van der Waals surface area contributed by atoms with Gasteiger partial charge in [-0.05, 0) is 42.3 Å². The molecule has 1 aliphatic rings. The van der Waals surface area contributed by atoms with Crippen molar-refractivity contribution in [2.45, 2.75) is 19.9 Å². The zero-order chi connectivity index (χ0) is 18.0. The fraction of sp³-hybridized carbons (Fsp3) is 0.263. The Kier molecular flexibility index (Phi) is 4.79. The highest BCUT2D eigenvalue weighted by atomic mass is 19.1. The first kappa shape index (κ1) is 17.1. The predicted molar refractivity (Wildman–Crippen MR) is 89.8 cm³/mol. The van der Waals surface area contributed by atoms with Gasteiger partial charge in [-0.15, -0.1) is 0 Å². The van der Waals surface area contributed by atoms with Crippen LogP contribution in [0.2, 0.25) is 0 Å². The second-order valence-electron chi connectivity index (χ2n) is 6.18. The van der Waals surface area contributed by atoms with Gasteiger partial charge in [-0.2, -0.15) is 0 Å². The number of hydrogen-bond donors (Lipinski definition) is 1. The normalized spacial score (nSPS) is 17.0. The average Bonchev–Trinajstić information content (AvgIpc) is 2.98. The number of nitrogens with one attached hydrogen (secondary N) is 1. The number of rotatable bonds is 4. The predicted octanol–water partition coefficient (Wildman–Crippen LogP) is 2.94. The first-order valence-corrected chi connectivity index (χ1v) is 8.02. The van der Waals surface area contributed by atoms with E-state index in [-0.39, 0.29) is 43.0 Å². The first-order valence-electron chi connectivity index (χ1n) is 8.02. The molecule has 25 heavy (non-hydrogen) atoms. The summed E-state index contributed by atoms with van der Waals surface area (Å²) < 4.78 is 26.6. The minimum absolute atomic E-state index is 0.0880. The highest BCUT2D eigenvalue weighted by Gasteiger charge is 2.35. The number of carbonyl (C=O) groups is 2. The Balaban J connectivity index is 1.62. The van der Waals surface area contributed by atoms with Gasteiger partial charge in [0, 0.05) is 25.2 Å². The molecule has 3 rings (SSSR count). The second kappa shape index (κ2) is 7.01. The Morgan fingerprint density at radius 2 is 1.92 bits per heavy atom. The van der Waals surface area contributed by atoms with Crippen LogP contribution in [-0.2, 0) is 16.1 Å². The molecule has 0 radical (unpaired) electrons. The van der Waals surface area contributed by atoms with Crippen molar-refractivity contribution in [2.24, 2.45) is 5.92 Å². The highest BCUT2D eigenvalue weighted by Crippen LogP contribution is 2.26. The molecular weight excluding hydrogens is 326 g/mol. The molecule has 0 aromatic heterocycles. The zero-order valence-corrected chi connectivity index (χ0v) is 13.8. The molecule has 1 fully saturated rings. The number of halogens is 2. The van der Waals surface area contributed by atoms with E-state index in [1.165, 1.54) is 23.1 Å². The molecule has 4 nitrogen and oxygen atoms in total. The summed E-state index contributed by atoms with van der Waals surface area (Å²) in [6.45, 7) is 2.14.